The van der Waals surface area contributed by atoms with Gasteiger partial charge in [-0.25, -0.2) is 8.42 Å². The number of carbonyl (C=O) groups excluding carboxylic acids is 1. The second-order valence-electron chi connectivity index (χ2n) is 5.63. The summed E-state index contributed by atoms with van der Waals surface area (Å²) in [5.74, 6) is -0.120. The van der Waals surface area contributed by atoms with Crippen LogP contribution in [0, 0.1) is 5.92 Å². The van der Waals surface area contributed by atoms with E-state index in [1.807, 2.05) is 20.8 Å². The lowest BCUT2D eigenvalue weighted by Crippen LogP contribution is -2.51. The van der Waals surface area contributed by atoms with Crippen LogP contribution < -0.4 is 5.32 Å². The fraction of sp³-hybridized carbons (Fsp3) is 0.923. The molecular weight excluding hydrogens is 280 g/mol. The maximum atomic E-state index is 12.3. The Morgan fingerprint density at radius 1 is 1.45 bits per heavy atom. The Morgan fingerprint density at radius 2 is 2.10 bits per heavy atom. The molecule has 0 bridgehead atoms. The van der Waals surface area contributed by atoms with E-state index < -0.39 is 16.1 Å². The first-order valence-corrected chi connectivity index (χ1v) is 8.85. The van der Waals surface area contributed by atoms with Crippen molar-refractivity contribution in [3.8, 4) is 0 Å². The number of hydrogen-bond acceptors (Lipinski definition) is 4. The van der Waals surface area contributed by atoms with Crippen LogP contribution in [0.25, 0.3) is 0 Å². The fourth-order valence-corrected chi connectivity index (χ4v) is 4.16. The van der Waals surface area contributed by atoms with Gasteiger partial charge >= 0.3 is 0 Å². The maximum absolute atomic E-state index is 12.3. The zero-order valence-electron chi connectivity index (χ0n) is 12.5. The third-order valence-electron chi connectivity index (χ3n) is 3.65. The van der Waals surface area contributed by atoms with Gasteiger partial charge in [-0.2, -0.15) is 4.31 Å². The van der Waals surface area contributed by atoms with Crippen molar-refractivity contribution in [3.05, 3.63) is 0 Å². The van der Waals surface area contributed by atoms with Crippen LogP contribution in [0.5, 0.6) is 0 Å². The highest BCUT2D eigenvalue weighted by molar-refractivity contribution is 7.89. The lowest BCUT2D eigenvalue weighted by Gasteiger charge is -2.26. The molecule has 0 aliphatic carbocycles. The Labute approximate surface area is 121 Å². The Bertz CT molecular complexity index is 422. The van der Waals surface area contributed by atoms with Crippen molar-refractivity contribution in [1.29, 1.82) is 0 Å². The van der Waals surface area contributed by atoms with E-state index >= 15 is 0 Å². The third kappa shape index (κ3) is 4.17. The SMILES string of the molecule is CCCS(=O)(=O)N1CCCC1C(=O)N[C@H](CO)C(C)C. The first kappa shape index (κ1) is 17.4. The number of rotatable bonds is 7. The van der Waals surface area contributed by atoms with Crippen LogP contribution in [0.1, 0.15) is 40.0 Å². The summed E-state index contributed by atoms with van der Waals surface area (Å²) in [5, 5.41) is 12.0. The normalized spacial score (nSPS) is 22.1. The van der Waals surface area contributed by atoms with Crippen LogP contribution in [-0.4, -0.2) is 54.7 Å². The number of carbonyl (C=O) groups is 1. The molecule has 6 nitrogen and oxygen atoms in total. The van der Waals surface area contributed by atoms with E-state index in [1.165, 1.54) is 4.31 Å². The highest BCUT2D eigenvalue weighted by Gasteiger charge is 2.38. The topological polar surface area (TPSA) is 86.7 Å². The van der Waals surface area contributed by atoms with Crippen LogP contribution in [0.15, 0.2) is 0 Å². The van der Waals surface area contributed by atoms with Crippen molar-refractivity contribution in [2.75, 3.05) is 18.9 Å². The number of aliphatic hydroxyl groups excluding tert-OH is 1. The van der Waals surface area contributed by atoms with Crippen molar-refractivity contribution in [3.63, 3.8) is 0 Å². The molecule has 0 spiro atoms. The minimum atomic E-state index is -3.36. The number of nitrogens with one attached hydrogen (secondary N) is 1. The molecule has 20 heavy (non-hydrogen) atoms. The van der Waals surface area contributed by atoms with Crippen molar-refractivity contribution < 1.29 is 18.3 Å². The van der Waals surface area contributed by atoms with Crippen LogP contribution in [0.3, 0.4) is 0 Å². The quantitative estimate of drug-likeness (QED) is 0.709. The molecule has 1 saturated heterocycles. The molecule has 2 N–H and O–H groups in total. The number of amides is 1. The molecule has 1 rings (SSSR count). The van der Waals surface area contributed by atoms with E-state index in [1.54, 1.807) is 0 Å². The van der Waals surface area contributed by atoms with Gasteiger partial charge in [-0.05, 0) is 25.2 Å². The van der Waals surface area contributed by atoms with E-state index in [-0.39, 0.29) is 30.2 Å². The van der Waals surface area contributed by atoms with Gasteiger partial charge in [0.1, 0.15) is 6.04 Å². The molecular formula is C13H26N2O4S. The minimum Gasteiger partial charge on any atom is -0.394 e. The Hall–Kier alpha value is -0.660. The molecule has 1 heterocycles. The van der Waals surface area contributed by atoms with Crippen LogP contribution >= 0.6 is 0 Å². The molecule has 1 unspecified atom stereocenters. The maximum Gasteiger partial charge on any atom is 0.238 e. The molecule has 0 aromatic heterocycles. The molecule has 0 radical (unpaired) electrons. The number of hydrogen-bond donors (Lipinski definition) is 2. The zero-order valence-corrected chi connectivity index (χ0v) is 13.3. The first-order valence-electron chi connectivity index (χ1n) is 7.24. The Morgan fingerprint density at radius 3 is 2.60 bits per heavy atom. The molecule has 1 aliphatic heterocycles. The lowest BCUT2D eigenvalue weighted by molar-refractivity contribution is -0.125. The standard InChI is InChI=1S/C13H26N2O4S/c1-4-8-20(18,19)15-7-5-6-12(15)13(17)14-11(9-16)10(2)3/h10-12,16H,4-9H2,1-3H3,(H,14,17)/t11-,12?/m1/s1. The predicted octanol–water partition coefficient (Wildman–Crippen LogP) is 0.324. The fourth-order valence-electron chi connectivity index (χ4n) is 2.41. The van der Waals surface area contributed by atoms with E-state index in [0.29, 0.717) is 25.8 Å². The zero-order chi connectivity index (χ0) is 15.3. The summed E-state index contributed by atoms with van der Waals surface area (Å²) < 4.78 is 25.6. The second kappa shape index (κ2) is 7.38. The average molecular weight is 306 g/mol. The summed E-state index contributed by atoms with van der Waals surface area (Å²) in [6, 6.07) is -0.960. The van der Waals surface area contributed by atoms with E-state index in [0.717, 1.165) is 0 Å². The van der Waals surface area contributed by atoms with Gasteiger partial charge < -0.3 is 10.4 Å². The predicted molar refractivity (Wildman–Crippen MR) is 77.7 cm³/mol. The van der Waals surface area contributed by atoms with Gasteiger partial charge in [0, 0.05) is 6.54 Å². The van der Waals surface area contributed by atoms with Gasteiger partial charge in [-0.1, -0.05) is 20.8 Å². The van der Waals surface area contributed by atoms with Gasteiger partial charge in [0.05, 0.1) is 18.4 Å². The Kier molecular flexibility index (Phi) is 6.42. The smallest absolute Gasteiger partial charge is 0.238 e. The van der Waals surface area contributed by atoms with Crippen LogP contribution in [0.4, 0.5) is 0 Å². The van der Waals surface area contributed by atoms with Crippen LogP contribution in [0.2, 0.25) is 0 Å². The summed E-state index contributed by atoms with van der Waals surface area (Å²) in [6.45, 7) is 5.88. The van der Waals surface area contributed by atoms with Gasteiger partial charge in [-0.3, -0.25) is 4.79 Å². The summed E-state index contributed by atoms with van der Waals surface area (Å²) >= 11 is 0. The summed E-state index contributed by atoms with van der Waals surface area (Å²) in [5.41, 5.74) is 0. The van der Waals surface area contributed by atoms with Gasteiger partial charge in [0.25, 0.3) is 0 Å². The Balaban J connectivity index is 2.76. The van der Waals surface area contributed by atoms with Crippen molar-refractivity contribution in [2.24, 2.45) is 5.92 Å². The van der Waals surface area contributed by atoms with Crippen molar-refractivity contribution in [2.45, 2.75) is 52.1 Å². The molecule has 1 amide bonds. The van der Waals surface area contributed by atoms with Crippen molar-refractivity contribution >= 4 is 15.9 Å². The van der Waals surface area contributed by atoms with Crippen molar-refractivity contribution in [1.82, 2.24) is 9.62 Å². The molecule has 0 saturated carbocycles. The highest BCUT2D eigenvalue weighted by atomic mass is 32.2. The molecule has 7 heteroatoms. The summed E-state index contributed by atoms with van der Waals surface area (Å²) in [4.78, 5) is 12.3. The second-order valence-corrected chi connectivity index (χ2v) is 7.67. The number of sulfonamides is 1. The van der Waals surface area contributed by atoms with Crippen LogP contribution in [-0.2, 0) is 14.8 Å². The molecule has 118 valence electrons. The highest BCUT2D eigenvalue weighted by Crippen LogP contribution is 2.22. The van der Waals surface area contributed by atoms with Gasteiger partial charge in [-0.15, -0.1) is 0 Å². The number of aliphatic hydroxyl groups is 1. The lowest BCUT2D eigenvalue weighted by atomic mass is 10.0. The third-order valence-corrected chi connectivity index (χ3v) is 5.73. The summed E-state index contributed by atoms with van der Waals surface area (Å²) in [6.07, 6.45) is 1.79. The molecule has 0 aromatic carbocycles. The summed E-state index contributed by atoms with van der Waals surface area (Å²) in [7, 11) is -3.36. The van der Waals surface area contributed by atoms with Gasteiger partial charge in [0.15, 0.2) is 0 Å². The molecule has 1 fully saturated rings. The molecule has 2 atom stereocenters. The largest absolute Gasteiger partial charge is 0.394 e. The minimum absolute atomic E-state index is 0.0738. The first-order chi connectivity index (χ1) is 9.33. The van der Waals surface area contributed by atoms with E-state index in [9.17, 15) is 18.3 Å². The molecule has 0 aromatic rings. The van der Waals surface area contributed by atoms with E-state index in [2.05, 4.69) is 5.32 Å². The average Bonchev–Trinajstić information content (AvgIpc) is 2.85. The molecule has 1 aliphatic rings. The monoisotopic (exact) mass is 306 g/mol. The van der Waals surface area contributed by atoms with E-state index in [4.69, 9.17) is 0 Å². The number of nitrogens with zero attached hydrogens (tertiary/aromatic N) is 1. The van der Waals surface area contributed by atoms with Gasteiger partial charge in [0.2, 0.25) is 15.9 Å².